The molecular formula is C22H34ClN3. The van der Waals surface area contributed by atoms with Crippen LogP contribution in [0.25, 0.3) is 11.4 Å². The maximum Gasteiger partial charge on any atom is 0.0657 e. The Balaban J connectivity index is 0.00000243. The Kier molecular flexibility index (Phi) is 7.57. The van der Waals surface area contributed by atoms with Crippen molar-refractivity contribution in [2.45, 2.75) is 78.7 Å². The molecule has 0 bridgehead atoms. The van der Waals surface area contributed by atoms with Crippen LogP contribution < -0.4 is 0 Å². The summed E-state index contributed by atoms with van der Waals surface area (Å²) in [5.41, 5.74) is 7.50. The van der Waals surface area contributed by atoms with E-state index in [2.05, 4.69) is 56.0 Å². The number of aromatic amines is 2. The molecule has 3 rings (SSSR count). The molecule has 0 unspecified atom stereocenters. The molecule has 1 saturated carbocycles. The highest BCUT2D eigenvalue weighted by Gasteiger charge is 2.14. The van der Waals surface area contributed by atoms with E-state index < -0.39 is 0 Å². The molecular weight excluding hydrogens is 342 g/mol. The minimum Gasteiger partial charge on any atom is -0.357 e. The van der Waals surface area contributed by atoms with Crippen LogP contribution in [0.5, 0.6) is 0 Å². The van der Waals surface area contributed by atoms with Crippen LogP contribution in [-0.4, -0.2) is 22.2 Å². The molecule has 0 radical (unpaired) electrons. The fourth-order valence-corrected chi connectivity index (χ4v) is 3.84. The van der Waals surface area contributed by atoms with Crippen LogP contribution in [0, 0.1) is 19.8 Å². The van der Waals surface area contributed by atoms with E-state index in [1.165, 1.54) is 66.7 Å². The molecule has 144 valence electrons. The number of aliphatic imine (C=N–C) groups is 1. The van der Waals surface area contributed by atoms with Gasteiger partial charge < -0.3 is 9.97 Å². The van der Waals surface area contributed by atoms with Crippen LogP contribution >= 0.6 is 12.4 Å². The van der Waals surface area contributed by atoms with Gasteiger partial charge in [0.1, 0.15) is 0 Å². The standard InChI is InChI=1S/C22H33N3.ClH/c1-15(2)13-19-11-12-20(24-19)22-17(4)16(3)21(25-22)14-23-18-9-7-5-6-8-10-18;/h11-12,14-15,18,24-25H,5-10,13H2,1-4H3;1H. The highest BCUT2D eigenvalue weighted by Crippen LogP contribution is 2.27. The summed E-state index contributed by atoms with van der Waals surface area (Å²) in [7, 11) is 0. The van der Waals surface area contributed by atoms with E-state index in [1.807, 2.05) is 0 Å². The highest BCUT2D eigenvalue weighted by molar-refractivity contribution is 5.85. The monoisotopic (exact) mass is 375 g/mol. The summed E-state index contributed by atoms with van der Waals surface area (Å²) >= 11 is 0. The Morgan fingerprint density at radius 1 is 1.04 bits per heavy atom. The van der Waals surface area contributed by atoms with Crippen LogP contribution in [0.1, 0.15) is 74.9 Å². The van der Waals surface area contributed by atoms with E-state index in [4.69, 9.17) is 4.99 Å². The van der Waals surface area contributed by atoms with Crippen molar-refractivity contribution in [3.63, 3.8) is 0 Å². The molecule has 2 aromatic rings. The van der Waals surface area contributed by atoms with Crippen molar-refractivity contribution >= 4 is 18.6 Å². The van der Waals surface area contributed by atoms with Gasteiger partial charge >= 0.3 is 0 Å². The van der Waals surface area contributed by atoms with Gasteiger partial charge in [-0.15, -0.1) is 12.4 Å². The van der Waals surface area contributed by atoms with Gasteiger partial charge in [-0.05, 0) is 62.3 Å². The second kappa shape index (κ2) is 9.45. The molecule has 0 amide bonds. The summed E-state index contributed by atoms with van der Waals surface area (Å²) < 4.78 is 0. The van der Waals surface area contributed by atoms with Crippen LogP contribution in [0.15, 0.2) is 17.1 Å². The second-order valence-corrected chi connectivity index (χ2v) is 8.08. The molecule has 2 N–H and O–H groups in total. The zero-order chi connectivity index (χ0) is 17.8. The molecule has 0 spiro atoms. The molecule has 4 heteroatoms. The third-order valence-electron chi connectivity index (χ3n) is 5.48. The number of aromatic nitrogens is 2. The molecule has 0 atom stereocenters. The largest absolute Gasteiger partial charge is 0.357 e. The van der Waals surface area contributed by atoms with Crippen LogP contribution in [0.4, 0.5) is 0 Å². The van der Waals surface area contributed by atoms with Crippen molar-refractivity contribution in [3.8, 4) is 11.4 Å². The summed E-state index contributed by atoms with van der Waals surface area (Å²) in [5.74, 6) is 0.667. The molecule has 2 aromatic heterocycles. The van der Waals surface area contributed by atoms with E-state index >= 15 is 0 Å². The second-order valence-electron chi connectivity index (χ2n) is 8.08. The predicted molar refractivity (Wildman–Crippen MR) is 115 cm³/mol. The first-order valence-electron chi connectivity index (χ1n) is 9.95. The summed E-state index contributed by atoms with van der Waals surface area (Å²) in [4.78, 5) is 12.1. The number of halogens is 1. The Morgan fingerprint density at radius 3 is 2.38 bits per heavy atom. The van der Waals surface area contributed by atoms with E-state index in [0.29, 0.717) is 12.0 Å². The van der Waals surface area contributed by atoms with Crippen LogP contribution in [0.2, 0.25) is 0 Å². The normalized spacial score (nSPS) is 16.2. The molecule has 0 saturated heterocycles. The summed E-state index contributed by atoms with van der Waals surface area (Å²) in [5, 5.41) is 0. The number of nitrogens with zero attached hydrogens (tertiary/aromatic N) is 1. The smallest absolute Gasteiger partial charge is 0.0657 e. The molecule has 0 aliphatic heterocycles. The Bertz CT molecular complexity index is 716. The number of nitrogens with one attached hydrogen (secondary N) is 2. The number of hydrogen-bond acceptors (Lipinski definition) is 1. The fourth-order valence-electron chi connectivity index (χ4n) is 3.84. The fraction of sp³-hybridized carbons (Fsp3) is 0.591. The van der Waals surface area contributed by atoms with Gasteiger partial charge in [0.15, 0.2) is 0 Å². The first kappa shape index (κ1) is 20.8. The van der Waals surface area contributed by atoms with Crippen LogP contribution in [0.3, 0.4) is 0 Å². The molecule has 1 fully saturated rings. The van der Waals surface area contributed by atoms with E-state index in [1.54, 1.807) is 0 Å². The lowest BCUT2D eigenvalue weighted by Crippen LogP contribution is -2.03. The third kappa shape index (κ3) is 5.03. The van der Waals surface area contributed by atoms with Crippen molar-refractivity contribution in [1.29, 1.82) is 0 Å². The van der Waals surface area contributed by atoms with Gasteiger partial charge in [0.2, 0.25) is 0 Å². The zero-order valence-electron chi connectivity index (χ0n) is 16.7. The molecule has 0 aromatic carbocycles. The molecule has 26 heavy (non-hydrogen) atoms. The van der Waals surface area contributed by atoms with Gasteiger partial charge in [-0.2, -0.15) is 0 Å². The van der Waals surface area contributed by atoms with Crippen molar-refractivity contribution < 1.29 is 0 Å². The average Bonchev–Trinajstić information content (AvgIpc) is 3.01. The summed E-state index contributed by atoms with van der Waals surface area (Å²) in [6, 6.07) is 4.92. The maximum absolute atomic E-state index is 4.90. The molecule has 3 nitrogen and oxygen atoms in total. The van der Waals surface area contributed by atoms with Crippen molar-refractivity contribution in [2.24, 2.45) is 10.9 Å². The topological polar surface area (TPSA) is 43.9 Å². The van der Waals surface area contributed by atoms with Gasteiger partial charge in [0, 0.05) is 11.9 Å². The van der Waals surface area contributed by atoms with Crippen molar-refractivity contribution in [2.75, 3.05) is 0 Å². The van der Waals surface area contributed by atoms with Gasteiger partial charge in [-0.3, -0.25) is 4.99 Å². The van der Waals surface area contributed by atoms with Gasteiger partial charge in [-0.1, -0.05) is 39.5 Å². The lowest BCUT2D eigenvalue weighted by atomic mass is 10.1. The summed E-state index contributed by atoms with van der Waals surface area (Å²) in [6.45, 7) is 8.91. The predicted octanol–water partition coefficient (Wildman–Crippen LogP) is 6.39. The lowest BCUT2D eigenvalue weighted by Gasteiger charge is -2.07. The first-order chi connectivity index (χ1) is 12.0. The van der Waals surface area contributed by atoms with Gasteiger partial charge in [-0.25, -0.2) is 0 Å². The maximum atomic E-state index is 4.90. The van der Waals surface area contributed by atoms with Gasteiger partial charge in [0.25, 0.3) is 0 Å². The van der Waals surface area contributed by atoms with Crippen LogP contribution in [-0.2, 0) is 6.42 Å². The number of H-pyrrole nitrogens is 2. The summed E-state index contributed by atoms with van der Waals surface area (Å²) in [6.07, 6.45) is 11.1. The Hall–Kier alpha value is -1.48. The molecule has 2 heterocycles. The van der Waals surface area contributed by atoms with Gasteiger partial charge in [0.05, 0.1) is 23.1 Å². The third-order valence-corrected chi connectivity index (χ3v) is 5.48. The zero-order valence-corrected chi connectivity index (χ0v) is 17.5. The molecule has 1 aliphatic rings. The number of hydrogen-bond donors (Lipinski definition) is 2. The quantitative estimate of drug-likeness (QED) is 0.449. The molecule has 1 aliphatic carbocycles. The lowest BCUT2D eigenvalue weighted by molar-refractivity contribution is 0.588. The van der Waals surface area contributed by atoms with E-state index in [9.17, 15) is 0 Å². The SMILES string of the molecule is Cc1c(C=NC2CCCCCC2)[nH]c(-c2ccc(CC(C)C)[nH]2)c1C.Cl. The average molecular weight is 376 g/mol. The highest BCUT2D eigenvalue weighted by atomic mass is 35.5. The minimum absolute atomic E-state index is 0. The number of rotatable bonds is 5. The minimum atomic E-state index is 0. The Labute approximate surface area is 164 Å². The van der Waals surface area contributed by atoms with Crippen molar-refractivity contribution in [1.82, 2.24) is 9.97 Å². The van der Waals surface area contributed by atoms with E-state index in [0.717, 1.165) is 12.1 Å². The van der Waals surface area contributed by atoms with E-state index in [-0.39, 0.29) is 12.4 Å². The Morgan fingerprint density at radius 2 is 1.73 bits per heavy atom. The first-order valence-corrected chi connectivity index (χ1v) is 9.95. The van der Waals surface area contributed by atoms with Crippen molar-refractivity contribution in [3.05, 3.63) is 34.6 Å².